The Hall–Kier alpha value is -10.6. The van der Waals surface area contributed by atoms with Gasteiger partial charge < -0.3 is 24.9 Å². The minimum Gasteiger partial charge on any atom is -0.377 e. The smallest absolute Gasteiger partial charge is 0.262 e. The van der Waals surface area contributed by atoms with E-state index in [2.05, 4.69) is 83.5 Å². The van der Waals surface area contributed by atoms with Crippen molar-refractivity contribution in [1.29, 1.82) is 0 Å². The number of nitrogens with zero attached hydrogens (tertiary/aromatic N) is 4. The van der Waals surface area contributed by atoms with Crippen molar-refractivity contribution in [3.8, 4) is 0 Å². The number of sulfonamides is 4. The highest BCUT2D eigenvalue weighted by molar-refractivity contribution is 9.11. The molecule has 8 aromatic rings. The zero-order chi connectivity index (χ0) is 82.3. The summed E-state index contributed by atoms with van der Waals surface area (Å²) in [4.78, 5) is 113. The van der Waals surface area contributed by atoms with Gasteiger partial charge in [-0.05, 0) is 137 Å². The number of hydrogen-bond acceptors (Lipinski definition) is 21. The molecule has 8 aromatic carbocycles. The summed E-state index contributed by atoms with van der Waals surface area (Å²) in [6.45, 7) is 10.5. The lowest BCUT2D eigenvalue weighted by atomic mass is 9.89. The van der Waals surface area contributed by atoms with Crippen molar-refractivity contribution < 1.29 is 72.0 Å². The van der Waals surface area contributed by atoms with Crippen molar-refractivity contribution in [1.82, 2.24) is 43.8 Å². The number of carbonyl (C=O) groups is 8. The molecule has 3 saturated heterocycles. The molecule has 115 heavy (non-hydrogen) atoms. The first-order valence-corrected chi connectivity index (χ1v) is 44.6. The van der Waals surface area contributed by atoms with Crippen LogP contribution in [0.2, 0.25) is 0 Å². The number of halogens is 3. The summed E-state index contributed by atoms with van der Waals surface area (Å²) in [5, 5.41) is 2.79. The maximum atomic E-state index is 13.3. The SMILES string of the molecule is C=CCNC1=C(NS(=O)(=O)c2ccc(C)cc2)C(=O)c2ccccc2C1=O.CN1CCN(C2=C(NS(=O)(=O)c3ccc(Br)cc3)C(=O)c3ccccc3C2=O)CC1.O=C1C(NS(=O)(=O)c2ccc(Br)cc2)=C(N2CCCCC2)C(=O)c2ccccc21.O=C1C(NS(=O)(=O)c2ccc(Br)cc2)=C(N2CCCCC2)C(=O)c2ccccc21. The molecule has 7 aliphatic rings. The fourth-order valence-corrected chi connectivity index (χ4v) is 18.8. The van der Waals surface area contributed by atoms with E-state index in [9.17, 15) is 72.0 Å². The van der Waals surface area contributed by atoms with Crippen molar-refractivity contribution in [2.24, 2.45) is 0 Å². The molecular formula is C83H76Br3N9O16S4. The fourth-order valence-electron chi connectivity index (χ4n) is 13.7. The van der Waals surface area contributed by atoms with Gasteiger partial charge in [-0.15, -0.1) is 6.58 Å². The number of ketones is 8. The number of likely N-dealkylation sites (N-methyl/N-ethyl adjacent to an activating group) is 1. The highest BCUT2D eigenvalue weighted by Crippen LogP contribution is 2.35. The van der Waals surface area contributed by atoms with Gasteiger partial charge in [0.1, 0.15) is 45.6 Å². The zero-order valence-corrected chi connectivity index (χ0v) is 70.0. The number of allylic oxidation sites excluding steroid dienone is 8. The molecule has 25 nitrogen and oxygen atoms in total. The summed E-state index contributed by atoms with van der Waals surface area (Å²) in [6.07, 6.45) is 7.15. The molecule has 3 heterocycles. The molecule has 3 fully saturated rings. The Morgan fingerprint density at radius 2 is 0.548 bits per heavy atom. The second kappa shape index (κ2) is 35.7. The molecule has 594 valence electrons. The second-order valence-electron chi connectivity index (χ2n) is 27.4. The Kier molecular flexibility index (Phi) is 26.0. The predicted octanol–water partition coefficient (Wildman–Crippen LogP) is 11.6. The van der Waals surface area contributed by atoms with Crippen LogP contribution in [0, 0.1) is 6.92 Å². The van der Waals surface area contributed by atoms with E-state index in [4.69, 9.17) is 0 Å². The zero-order valence-electron chi connectivity index (χ0n) is 62.0. The fraction of sp³-hybridized carbons (Fsp3) is 0.205. The predicted molar refractivity (Wildman–Crippen MR) is 442 cm³/mol. The highest BCUT2D eigenvalue weighted by Gasteiger charge is 2.42. The van der Waals surface area contributed by atoms with Crippen LogP contribution >= 0.6 is 47.8 Å². The third-order valence-electron chi connectivity index (χ3n) is 19.6. The lowest BCUT2D eigenvalue weighted by molar-refractivity contribution is 0.0912. The van der Waals surface area contributed by atoms with E-state index in [1.54, 1.807) is 138 Å². The van der Waals surface area contributed by atoms with E-state index in [0.717, 1.165) is 57.5 Å². The third kappa shape index (κ3) is 18.6. The number of likely N-dealkylation sites (tertiary alicyclic amines) is 2. The topological polar surface area (TPSA) is 346 Å². The maximum absolute atomic E-state index is 13.3. The molecule has 15 rings (SSSR count). The van der Waals surface area contributed by atoms with Crippen LogP contribution in [0.5, 0.6) is 0 Å². The van der Waals surface area contributed by atoms with Gasteiger partial charge in [0.25, 0.3) is 40.1 Å². The molecule has 3 aliphatic heterocycles. The van der Waals surface area contributed by atoms with E-state index in [1.807, 2.05) is 23.8 Å². The first-order valence-electron chi connectivity index (χ1n) is 36.3. The van der Waals surface area contributed by atoms with E-state index in [-0.39, 0.29) is 117 Å². The molecule has 5 N–H and O–H groups in total. The van der Waals surface area contributed by atoms with Crippen LogP contribution in [0.25, 0.3) is 0 Å². The van der Waals surface area contributed by atoms with Crippen LogP contribution < -0.4 is 24.2 Å². The van der Waals surface area contributed by atoms with Gasteiger partial charge in [-0.25, -0.2) is 33.7 Å². The lowest BCUT2D eigenvalue weighted by Crippen LogP contribution is -2.48. The van der Waals surface area contributed by atoms with Crippen molar-refractivity contribution in [2.75, 3.05) is 66.0 Å². The van der Waals surface area contributed by atoms with Crippen LogP contribution in [0.4, 0.5) is 0 Å². The van der Waals surface area contributed by atoms with Gasteiger partial charge in [0.2, 0.25) is 46.3 Å². The van der Waals surface area contributed by atoms with Gasteiger partial charge >= 0.3 is 0 Å². The Morgan fingerprint density at radius 1 is 0.313 bits per heavy atom. The number of carbonyl (C=O) groups excluding carboxylic acids is 8. The number of fused-ring (bicyclic) bond motifs is 4. The van der Waals surface area contributed by atoms with E-state index < -0.39 is 69.0 Å². The molecular weight excluding hydrogens is 1750 g/mol. The van der Waals surface area contributed by atoms with Crippen molar-refractivity contribution >= 4 is 134 Å². The Labute approximate surface area is 691 Å². The van der Waals surface area contributed by atoms with Crippen LogP contribution in [-0.4, -0.2) is 165 Å². The van der Waals surface area contributed by atoms with Crippen molar-refractivity contribution in [3.05, 3.63) is 316 Å². The molecule has 0 spiro atoms. The summed E-state index contributed by atoms with van der Waals surface area (Å²) in [5.74, 6) is -3.47. The molecule has 0 atom stereocenters. The molecule has 0 radical (unpaired) electrons. The number of Topliss-reactive ketones (excluding diaryl/α,β-unsaturated/α-hetero) is 8. The van der Waals surface area contributed by atoms with Gasteiger partial charge in [0.15, 0.2) is 0 Å². The quantitative estimate of drug-likeness (QED) is 0.0498. The molecule has 0 unspecified atom stereocenters. The summed E-state index contributed by atoms with van der Waals surface area (Å²) in [7, 11) is -14.2. The average Bonchev–Trinajstić information content (AvgIpc) is 0.766. The number of piperazine rings is 1. The van der Waals surface area contributed by atoms with Crippen LogP contribution in [0.15, 0.2) is 285 Å². The summed E-state index contributed by atoms with van der Waals surface area (Å²) >= 11 is 9.83. The largest absolute Gasteiger partial charge is 0.377 e. The molecule has 0 bridgehead atoms. The molecule has 32 heteroatoms. The normalized spacial score (nSPS) is 16.7. The van der Waals surface area contributed by atoms with E-state index in [0.29, 0.717) is 69.0 Å². The standard InChI is InChI=1S/C21H20BrN3O4S.2C21H19BrN2O4S.C20H18N2O4S/c1-24-10-12-25(13-11-24)19-18(20(26)16-4-2-3-5-17(16)21(19)27)23-30(28,29)15-8-6-14(22)7-9-15;2*22-14-8-10-15(11-9-14)29(27,28)23-18-19(24-12-4-1-5-13-24)21(26)17-7-3-2-6-16(17)20(18)25;1-3-12-21-17-18(20(24)16-7-5-4-6-15(16)19(17)23)22-27(25,26)14-10-8-13(2)9-11-14/h2-9,23H,10-13H2,1H3;2*2-3,6-11,23H,1,4-5,12-13H2;3-11,21-22H,1,12H2,2H3. The average molecular weight is 1820 g/mol. The van der Waals surface area contributed by atoms with Gasteiger partial charge in [-0.3, -0.25) is 57.2 Å². The summed E-state index contributed by atoms with van der Waals surface area (Å²) in [5.41, 5.74) is 2.35. The van der Waals surface area contributed by atoms with Crippen molar-refractivity contribution in [2.45, 2.75) is 65.0 Å². The summed E-state index contributed by atoms with van der Waals surface area (Å²) < 4.78 is 115. The minimum atomic E-state index is -4.06. The van der Waals surface area contributed by atoms with Crippen LogP contribution in [-0.2, 0) is 40.1 Å². The number of nitrogens with one attached hydrogen (secondary N) is 5. The first kappa shape index (κ1) is 83.8. The lowest BCUT2D eigenvalue weighted by Gasteiger charge is -2.37. The monoisotopic (exact) mass is 1820 g/mol. The number of piperidine rings is 2. The Morgan fingerprint density at radius 3 is 0.826 bits per heavy atom. The van der Waals surface area contributed by atoms with Crippen LogP contribution in [0.3, 0.4) is 0 Å². The van der Waals surface area contributed by atoms with Crippen molar-refractivity contribution in [3.63, 3.8) is 0 Å². The second-order valence-corrected chi connectivity index (χ2v) is 36.9. The van der Waals surface area contributed by atoms with Gasteiger partial charge in [-0.2, -0.15) is 0 Å². The maximum Gasteiger partial charge on any atom is 0.262 e. The Bertz CT molecular complexity index is 5720. The molecule has 0 amide bonds. The Balaban J connectivity index is 0.000000142. The number of rotatable bonds is 18. The molecule has 0 aromatic heterocycles. The van der Waals surface area contributed by atoms with Crippen LogP contribution in [0.1, 0.15) is 127 Å². The van der Waals surface area contributed by atoms with Gasteiger partial charge in [0.05, 0.1) is 19.6 Å². The van der Waals surface area contributed by atoms with Gasteiger partial charge in [0, 0.05) is 117 Å². The van der Waals surface area contributed by atoms with E-state index >= 15 is 0 Å². The van der Waals surface area contributed by atoms with E-state index in [1.165, 1.54) is 66.7 Å². The van der Waals surface area contributed by atoms with Gasteiger partial charge in [-0.1, -0.05) is 169 Å². The highest BCUT2D eigenvalue weighted by atomic mass is 79.9. The summed E-state index contributed by atoms with van der Waals surface area (Å²) in [6, 6.07) is 50.4. The number of aryl methyl sites for hydroxylation is 1. The number of hydrogen-bond donors (Lipinski definition) is 5. The third-order valence-corrected chi connectivity index (χ3v) is 26.7. The molecule has 0 saturated carbocycles. The first-order chi connectivity index (χ1) is 54.9. The molecule has 4 aliphatic carbocycles. The number of benzene rings is 8. The minimum absolute atomic E-state index is 0.00257.